The van der Waals surface area contributed by atoms with Crippen molar-refractivity contribution in [1.82, 2.24) is 0 Å². The summed E-state index contributed by atoms with van der Waals surface area (Å²) in [5.74, 6) is 2.07. The molecule has 2 amide bonds. The zero-order valence-electron chi connectivity index (χ0n) is 17.6. The minimum atomic E-state index is -0.209. The van der Waals surface area contributed by atoms with Crippen LogP contribution in [0.3, 0.4) is 0 Å². The number of nitrogens with zero attached hydrogens (tertiary/aromatic N) is 1. The lowest BCUT2D eigenvalue weighted by atomic mass is 9.63. The monoisotopic (exact) mass is 429 g/mol. The standard InChI is InChI=1S/C26H23NO5/c1-31-16-6-2-14(3-7-16)22(28)13-32-17-8-4-15(5-9-17)27-25(29)23-18-10-11-19(21-12-20(18)21)24(23)26(27)30/h2-11,18-21,23-24H,12-13H2,1H3/t18-,19-,20-,21-,23-,24-/m1/s1. The van der Waals surface area contributed by atoms with E-state index in [4.69, 9.17) is 9.47 Å². The van der Waals surface area contributed by atoms with Crippen LogP contribution in [0.1, 0.15) is 16.8 Å². The van der Waals surface area contributed by atoms with Crippen molar-refractivity contribution in [2.45, 2.75) is 6.42 Å². The van der Waals surface area contributed by atoms with Gasteiger partial charge in [-0.3, -0.25) is 19.3 Å². The fourth-order valence-corrected chi connectivity index (χ4v) is 5.91. The van der Waals surface area contributed by atoms with Gasteiger partial charge < -0.3 is 9.47 Å². The number of amides is 2. The zero-order valence-corrected chi connectivity index (χ0v) is 17.6. The Morgan fingerprint density at radius 2 is 1.44 bits per heavy atom. The predicted octanol–water partition coefficient (Wildman–Crippen LogP) is 3.51. The second kappa shape index (κ2) is 7.05. The number of carbonyl (C=O) groups is 3. The number of ketones is 1. The third-order valence-corrected chi connectivity index (χ3v) is 7.54. The molecular formula is C26H23NO5. The Morgan fingerprint density at radius 1 is 0.875 bits per heavy atom. The summed E-state index contributed by atoms with van der Waals surface area (Å²) in [6, 6.07) is 13.7. The van der Waals surface area contributed by atoms with Crippen molar-refractivity contribution in [3.63, 3.8) is 0 Å². The van der Waals surface area contributed by atoms with Gasteiger partial charge in [-0.05, 0) is 78.6 Å². The third kappa shape index (κ3) is 2.82. The Balaban J connectivity index is 1.14. The van der Waals surface area contributed by atoms with E-state index >= 15 is 0 Å². The van der Waals surface area contributed by atoms with E-state index in [1.807, 2.05) is 0 Å². The Bertz CT molecular complexity index is 1100. The van der Waals surface area contributed by atoms with Crippen LogP contribution >= 0.6 is 0 Å². The summed E-state index contributed by atoms with van der Waals surface area (Å²) in [7, 11) is 1.57. The number of hydrogen-bond donors (Lipinski definition) is 0. The molecule has 6 heteroatoms. The van der Waals surface area contributed by atoms with E-state index in [0.29, 0.717) is 34.6 Å². The lowest BCUT2D eigenvalue weighted by molar-refractivity contribution is -0.124. The maximum absolute atomic E-state index is 13.2. The fraction of sp³-hybridized carbons (Fsp3) is 0.346. The van der Waals surface area contributed by atoms with E-state index in [9.17, 15) is 14.4 Å². The van der Waals surface area contributed by atoms with Gasteiger partial charge in [-0.15, -0.1) is 0 Å². The Labute approximate surface area is 185 Å². The van der Waals surface area contributed by atoms with Crippen LogP contribution in [0.4, 0.5) is 5.69 Å². The minimum Gasteiger partial charge on any atom is -0.497 e. The number of Topliss-reactive ketones (excluding diaryl/α,β-unsaturated/α-hetero) is 1. The number of benzene rings is 2. The number of ether oxygens (including phenoxy) is 2. The average molecular weight is 429 g/mol. The topological polar surface area (TPSA) is 72.9 Å². The van der Waals surface area contributed by atoms with Crippen molar-refractivity contribution >= 4 is 23.3 Å². The summed E-state index contributed by atoms with van der Waals surface area (Å²) in [6.07, 6.45) is 5.49. The Hall–Kier alpha value is -3.41. The van der Waals surface area contributed by atoms with Gasteiger partial charge in [0.1, 0.15) is 11.5 Å². The van der Waals surface area contributed by atoms with Crippen molar-refractivity contribution in [1.29, 1.82) is 0 Å². The molecule has 3 fully saturated rings. The van der Waals surface area contributed by atoms with Crippen molar-refractivity contribution in [3.8, 4) is 11.5 Å². The Morgan fingerprint density at radius 3 is 2.00 bits per heavy atom. The molecule has 0 unspecified atom stereocenters. The van der Waals surface area contributed by atoms with Crippen LogP contribution in [-0.2, 0) is 9.59 Å². The van der Waals surface area contributed by atoms with Crippen LogP contribution in [0.25, 0.3) is 0 Å². The van der Waals surface area contributed by atoms with Gasteiger partial charge in [-0.1, -0.05) is 12.2 Å². The van der Waals surface area contributed by atoms with Gasteiger partial charge >= 0.3 is 0 Å². The number of allylic oxidation sites excluding steroid dienone is 2. The van der Waals surface area contributed by atoms with Crippen molar-refractivity contribution < 1.29 is 23.9 Å². The average Bonchev–Trinajstić information content (AvgIpc) is 3.61. The quantitative estimate of drug-likeness (QED) is 0.399. The summed E-state index contributed by atoms with van der Waals surface area (Å²) < 4.78 is 10.7. The first-order valence-corrected chi connectivity index (χ1v) is 11.0. The van der Waals surface area contributed by atoms with Crippen LogP contribution in [0.15, 0.2) is 60.7 Å². The molecule has 1 heterocycles. The van der Waals surface area contributed by atoms with E-state index in [1.54, 1.807) is 55.6 Å². The molecule has 6 nitrogen and oxygen atoms in total. The van der Waals surface area contributed by atoms with Gasteiger partial charge in [0.15, 0.2) is 12.4 Å². The summed E-state index contributed by atoms with van der Waals surface area (Å²) in [6.45, 7) is -0.102. The van der Waals surface area contributed by atoms with Crippen LogP contribution in [-0.4, -0.2) is 31.3 Å². The zero-order chi connectivity index (χ0) is 22.0. The molecule has 0 spiro atoms. The van der Waals surface area contributed by atoms with Crippen molar-refractivity contribution in [2.75, 3.05) is 18.6 Å². The maximum atomic E-state index is 13.2. The van der Waals surface area contributed by atoms with Gasteiger partial charge in [0.25, 0.3) is 0 Å². The number of rotatable bonds is 6. The number of hydrogen-bond acceptors (Lipinski definition) is 5. The largest absolute Gasteiger partial charge is 0.497 e. The first-order chi connectivity index (χ1) is 15.6. The number of anilines is 1. The molecule has 1 aliphatic heterocycles. The van der Waals surface area contributed by atoms with Gasteiger partial charge in [-0.2, -0.15) is 0 Å². The van der Waals surface area contributed by atoms with E-state index in [1.165, 1.54) is 4.90 Å². The maximum Gasteiger partial charge on any atom is 0.238 e. The summed E-state index contributed by atoms with van der Waals surface area (Å²) >= 11 is 0. The van der Waals surface area contributed by atoms with Crippen LogP contribution < -0.4 is 14.4 Å². The molecule has 2 bridgehead atoms. The van der Waals surface area contributed by atoms with E-state index in [0.717, 1.165) is 6.42 Å². The van der Waals surface area contributed by atoms with Crippen molar-refractivity contribution in [2.24, 2.45) is 35.5 Å². The van der Waals surface area contributed by atoms with Gasteiger partial charge in [0.2, 0.25) is 11.8 Å². The van der Waals surface area contributed by atoms with Gasteiger partial charge in [0.05, 0.1) is 24.6 Å². The molecule has 0 N–H and O–H groups in total. The molecule has 4 aliphatic carbocycles. The second-order valence-electron chi connectivity index (χ2n) is 9.10. The predicted molar refractivity (Wildman–Crippen MR) is 116 cm³/mol. The summed E-state index contributed by atoms with van der Waals surface area (Å²) in [5.41, 5.74) is 1.11. The number of imide groups is 1. The highest BCUT2D eigenvalue weighted by molar-refractivity contribution is 6.22. The molecule has 162 valence electrons. The minimum absolute atomic E-state index is 0.0759. The molecule has 32 heavy (non-hydrogen) atoms. The van der Waals surface area contributed by atoms with Crippen LogP contribution in [0.5, 0.6) is 11.5 Å². The molecular weight excluding hydrogens is 406 g/mol. The van der Waals surface area contributed by atoms with E-state index < -0.39 is 0 Å². The lowest BCUT2D eigenvalue weighted by Gasteiger charge is -2.37. The van der Waals surface area contributed by atoms with Crippen LogP contribution in [0.2, 0.25) is 0 Å². The molecule has 6 atom stereocenters. The van der Waals surface area contributed by atoms with Gasteiger partial charge in [-0.25, -0.2) is 0 Å². The molecule has 0 radical (unpaired) electrons. The normalized spacial score (nSPS) is 31.3. The van der Waals surface area contributed by atoms with Crippen LogP contribution in [0, 0.1) is 35.5 Å². The number of methoxy groups -OCH3 is 1. The molecule has 2 aromatic carbocycles. The highest BCUT2D eigenvalue weighted by Crippen LogP contribution is 2.65. The van der Waals surface area contributed by atoms with E-state index in [2.05, 4.69) is 12.2 Å². The second-order valence-corrected chi connectivity index (χ2v) is 9.10. The number of carbonyl (C=O) groups excluding carboxylic acids is 3. The molecule has 2 saturated carbocycles. The molecule has 2 aromatic rings. The molecule has 0 aromatic heterocycles. The van der Waals surface area contributed by atoms with E-state index in [-0.39, 0.29) is 47.9 Å². The lowest BCUT2D eigenvalue weighted by Crippen LogP contribution is -2.40. The molecule has 1 saturated heterocycles. The Kier molecular flexibility index (Phi) is 4.25. The SMILES string of the molecule is COc1ccc(C(=O)COc2ccc(N3C(=O)[C@@H]4[C@@H]5C=C[C@H]([C@H]6C[C@H]56)[C@H]4C3=O)cc2)cc1. The molecule has 5 aliphatic rings. The van der Waals surface area contributed by atoms with Gasteiger partial charge in [0, 0.05) is 5.56 Å². The highest BCUT2D eigenvalue weighted by atomic mass is 16.5. The fourth-order valence-electron chi connectivity index (χ4n) is 5.91. The summed E-state index contributed by atoms with van der Waals surface area (Å²) in [4.78, 5) is 40.1. The van der Waals surface area contributed by atoms with Crippen molar-refractivity contribution in [3.05, 3.63) is 66.2 Å². The first-order valence-electron chi connectivity index (χ1n) is 11.0. The smallest absolute Gasteiger partial charge is 0.238 e. The first kappa shape index (κ1) is 19.3. The molecule has 7 rings (SSSR count). The summed E-state index contributed by atoms with van der Waals surface area (Å²) in [5, 5.41) is 0. The third-order valence-electron chi connectivity index (χ3n) is 7.54. The highest BCUT2D eigenvalue weighted by Gasteiger charge is 2.67.